The molecule has 14 heavy (non-hydrogen) atoms. The van der Waals surface area contributed by atoms with E-state index in [0.29, 0.717) is 0 Å². The second-order valence-corrected chi connectivity index (χ2v) is 9.40. The summed E-state index contributed by atoms with van der Waals surface area (Å²) >= 11 is 0. The van der Waals surface area contributed by atoms with Crippen molar-refractivity contribution in [2.45, 2.75) is 57.3 Å². The van der Waals surface area contributed by atoms with Gasteiger partial charge in [0.25, 0.3) is 0 Å². The molecule has 1 saturated carbocycles. The van der Waals surface area contributed by atoms with Crippen molar-refractivity contribution in [1.29, 1.82) is 0 Å². The van der Waals surface area contributed by atoms with Crippen LogP contribution in [0.25, 0.3) is 5.01 Å². The molecule has 0 saturated heterocycles. The lowest BCUT2D eigenvalue weighted by Crippen LogP contribution is -2.43. The summed E-state index contributed by atoms with van der Waals surface area (Å²) in [5.74, 6) is 0. The fraction of sp³-hybridized carbons (Fsp3) is 0.900. The molecule has 3 nitrogen and oxygen atoms in total. The molecule has 0 bridgehead atoms. The first-order valence-electron chi connectivity index (χ1n) is 5.27. The zero-order chi connectivity index (χ0) is 10.7. The Morgan fingerprint density at radius 1 is 1.21 bits per heavy atom. The van der Waals surface area contributed by atoms with Gasteiger partial charge in [-0.05, 0) is 45.3 Å². The van der Waals surface area contributed by atoms with Crippen LogP contribution in [-0.4, -0.2) is 13.9 Å². The van der Waals surface area contributed by atoms with Gasteiger partial charge in [0.15, 0.2) is 13.9 Å². The van der Waals surface area contributed by atoms with Crippen LogP contribution in [-0.2, 0) is 4.43 Å². The number of nitrogens with zero attached hydrogens (tertiary/aromatic N) is 1. The van der Waals surface area contributed by atoms with Crippen LogP contribution in [0, 0.1) is 11.3 Å². The monoisotopic (exact) mass is 213 g/mol. The van der Waals surface area contributed by atoms with Crippen molar-refractivity contribution in [3.05, 3.63) is 10.2 Å². The van der Waals surface area contributed by atoms with Gasteiger partial charge < -0.3 is 9.63 Å². The normalized spacial score (nSPS) is 21.1. The average molecular weight is 213 g/mol. The van der Waals surface area contributed by atoms with Crippen LogP contribution in [0.15, 0.2) is 0 Å². The minimum absolute atomic E-state index is 0.454. The molecule has 4 heteroatoms. The summed E-state index contributed by atoms with van der Waals surface area (Å²) < 4.78 is 6.04. The Morgan fingerprint density at radius 2 is 1.79 bits per heavy atom. The molecule has 1 fully saturated rings. The van der Waals surface area contributed by atoms with Crippen LogP contribution in [0.1, 0.15) is 32.1 Å². The van der Waals surface area contributed by atoms with Gasteiger partial charge in [-0.1, -0.05) is 6.42 Å². The van der Waals surface area contributed by atoms with E-state index >= 15 is 0 Å². The minimum Gasteiger partial charge on any atom is -0.498 e. The fourth-order valence-corrected chi connectivity index (χ4v) is 3.45. The number of rotatable bonds is 2. The largest absolute Gasteiger partial charge is 0.498 e. The van der Waals surface area contributed by atoms with Crippen LogP contribution in [0.3, 0.4) is 0 Å². The third-order valence-electron chi connectivity index (χ3n) is 2.41. The van der Waals surface area contributed by atoms with E-state index in [1.54, 1.807) is 0 Å². The summed E-state index contributed by atoms with van der Waals surface area (Å²) in [6, 6.07) is 2.64. The average Bonchev–Trinajstić information content (AvgIpc) is 2.02. The van der Waals surface area contributed by atoms with Gasteiger partial charge in [0.05, 0.1) is 0 Å². The molecular formula is C10H19NO2Si. The van der Waals surface area contributed by atoms with E-state index in [9.17, 15) is 5.21 Å². The maximum absolute atomic E-state index is 10.3. The zero-order valence-corrected chi connectivity index (χ0v) is 10.3. The lowest BCUT2D eigenvalue weighted by Gasteiger charge is -2.34. The van der Waals surface area contributed by atoms with Crippen LogP contribution in [0.5, 0.6) is 0 Å². The highest BCUT2D eigenvalue weighted by Gasteiger charge is 2.40. The molecule has 0 aromatic carbocycles. The highest BCUT2D eigenvalue weighted by molar-refractivity contribution is 6.69. The Balaban J connectivity index is 2.74. The first kappa shape index (κ1) is 11.5. The van der Waals surface area contributed by atoms with Gasteiger partial charge in [0.2, 0.25) is 0 Å². The molecule has 0 radical (unpaired) electrons. The predicted molar refractivity (Wildman–Crippen MR) is 60.9 cm³/mol. The zero-order valence-electron chi connectivity index (χ0n) is 9.30. The fourth-order valence-electron chi connectivity index (χ4n) is 2.03. The Morgan fingerprint density at radius 3 is 2.21 bits per heavy atom. The molecule has 0 amide bonds. The molecule has 0 unspecified atom stereocenters. The summed E-state index contributed by atoms with van der Waals surface area (Å²) in [6.07, 6.45) is 5.28. The predicted octanol–water partition coefficient (Wildman–Crippen LogP) is 3.37. The smallest absolute Gasteiger partial charge is 0.332 e. The van der Waals surface area contributed by atoms with E-state index in [-0.39, 0.29) is 0 Å². The molecular weight excluding hydrogens is 194 g/mol. The Kier molecular flexibility index (Phi) is 3.57. The molecule has 1 rings (SSSR count). The van der Waals surface area contributed by atoms with E-state index < -0.39 is 13.9 Å². The lowest BCUT2D eigenvalue weighted by atomic mass is 9.86. The summed E-state index contributed by atoms with van der Waals surface area (Å²) in [4.78, 5) is 0. The molecule has 0 atom stereocenters. The van der Waals surface area contributed by atoms with Gasteiger partial charge >= 0.3 is 6.07 Å². The van der Waals surface area contributed by atoms with Gasteiger partial charge in [0, 0.05) is 5.01 Å². The van der Waals surface area contributed by atoms with E-state index in [1.165, 1.54) is 6.42 Å². The summed E-state index contributed by atoms with van der Waals surface area (Å²) in [5.41, 5.74) is -0.454. The van der Waals surface area contributed by atoms with Crippen molar-refractivity contribution in [2.75, 3.05) is 0 Å². The van der Waals surface area contributed by atoms with E-state index in [4.69, 9.17) is 4.43 Å². The summed E-state index contributed by atoms with van der Waals surface area (Å²) in [7, 11) is -1.62. The first-order chi connectivity index (χ1) is 6.47. The van der Waals surface area contributed by atoms with Gasteiger partial charge in [0.1, 0.15) is 0 Å². The van der Waals surface area contributed by atoms with Crippen molar-refractivity contribution in [1.82, 2.24) is 0 Å². The molecule has 0 aliphatic heterocycles. The Bertz CT molecular complexity index is 243. The summed E-state index contributed by atoms with van der Waals surface area (Å²) in [5, 5.41) is 13.2. The SMILES string of the molecule is C[Si](C)(C)OC1(C#[N+][O-])CCCCC1. The maximum Gasteiger partial charge on any atom is 0.332 e. The van der Waals surface area contributed by atoms with Crippen LogP contribution in [0.4, 0.5) is 0 Å². The number of hydrogen-bond donors (Lipinski definition) is 0. The van der Waals surface area contributed by atoms with Crippen molar-refractivity contribution >= 4 is 8.32 Å². The molecule has 0 aromatic heterocycles. The van der Waals surface area contributed by atoms with Crippen molar-refractivity contribution in [2.24, 2.45) is 0 Å². The van der Waals surface area contributed by atoms with Crippen LogP contribution < -0.4 is 0 Å². The first-order valence-corrected chi connectivity index (χ1v) is 8.68. The quantitative estimate of drug-likeness (QED) is 0.521. The van der Waals surface area contributed by atoms with Crippen molar-refractivity contribution < 1.29 is 4.43 Å². The minimum atomic E-state index is -1.62. The molecule has 0 heterocycles. The van der Waals surface area contributed by atoms with Crippen LogP contribution >= 0.6 is 0 Å². The summed E-state index contributed by atoms with van der Waals surface area (Å²) in [6.45, 7) is 6.40. The second-order valence-electron chi connectivity index (χ2n) is 4.97. The lowest BCUT2D eigenvalue weighted by molar-refractivity contribution is 0.0793. The molecule has 0 spiro atoms. The molecule has 0 N–H and O–H groups in total. The third kappa shape index (κ3) is 3.32. The Hall–Kier alpha value is -0.533. The van der Waals surface area contributed by atoms with Gasteiger partial charge in [-0.3, -0.25) is 0 Å². The van der Waals surface area contributed by atoms with Crippen molar-refractivity contribution in [3.8, 4) is 6.07 Å². The standard InChI is InChI=1S/C10H19NO2Si/c1-14(2,3)13-10(9-11-12)7-5-4-6-8-10/h4-8H2,1-3H3. The van der Waals surface area contributed by atoms with Crippen LogP contribution in [0.2, 0.25) is 19.6 Å². The Labute approximate surface area is 87.0 Å². The third-order valence-corrected chi connectivity index (χ3v) is 3.42. The van der Waals surface area contributed by atoms with E-state index in [1.807, 2.05) is 0 Å². The van der Waals surface area contributed by atoms with Gasteiger partial charge in [-0.15, -0.1) is 0 Å². The van der Waals surface area contributed by atoms with Crippen molar-refractivity contribution in [3.63, 3.8) is 0 Å². The van der Waals surface area contributed by atoms with Gasteiger partial charge in [-0.2, -0.15) is 0 Å². The number of hydrogen-bond acceptors (Lipinski definition) is 2. The highest BCUT2D eigenvalue weighted by atomic mass is 28.4. The van der Waals surface area contributed by atoms with E-state index in [0.717, 1.165) is 25.7 Å². The topological polar surface area (TPSA) is 36.6 Å². The van der Waals surface area contributed by atoms with Gasteiger partial charge in [-0.25, -0.2) is 0 Å². The highest BCUT2D eigenvalue weighted by Crippen LogP contribution is 2.33. The molecule has 0 aromatic rings. The molecule has 80 valence electrons. The molecule has 1 aliphatic rings. The second kappa shape index (κ2) is 4.33. The molecule has 1 aliphatic carbocycles. The maximum atomic E-state index is 10.3. The van der Waals surface area contributed by atoms with E-state index in [2.05, 4.69) is 30.7 Å².